The van der Waals surface area contributed by atoms with E-state index in [-0.39, 0.29) is 0 Å². The smallest absolute Gasteiger partial charge is 0.0906 e. The predicted octanol–water partition coefficient (Wildman–Crippen LogP) is 4.42. The minimum Gasteiger partial charge on any atom is -0.251 e. The predicted molar refractivity (Wildman–Crippen MR) is 63.7 cm³/mol. The lowest BCUT2D eigenvalue weighted by Crippen LogP contribution is -1.89. The van der Waals surface area contributed by atoms with Crippen molar-refractivity contribution in [1.29, 1.82) is 0 Å². The van der Waals surface area contributed by atoms with Gasteiger partial charge in [-0.05, 0) is 25.0 Å². The average Bonchev–Trinajstić information content (AvgIpc) is 3.02. The van der Waals surface area contributed by atoms with Gasteiger partial charge in [-0.2, -0.15) is 0 Å². The second kappa shape index (κ2) is 3.36. The molecule has 1 saturated carbocycles. The fourth-order valence-electron chi connectivity index (χ4n) is 1.78. The summed E-state index contributed by atoms with van der Waals surface area (Å²) in [5.41, 5.74) is 1.91. The van der Waals surface area contributed by atoms with Crippen LogP contribution in [0, 0.1) is 0 Å². The van der Waals surface area contributed by atoms with Crippen LogP contribution in [-0.4, -0.2) is 4.98 Å². The summed E-state index contributed by atoms with van der Waals surface area (Å²) in [4.78, 5) is 4.58. The van der Waals surface area contributed by atoms with Gasteiger partial charge in [0.1, 0.15) is 0 Å². The summed E-state index contributed by atoms with van der Waals surface area (Å²) in [5.74, 6) is 0.600. The third kappa shape index (κ3) is 1.60. The molecule has 3 heteroatoms. The molecule has 0 unspecified atom stereocenters. The van der Waals surface area contributed by atoms with Crippen LogP contribution in [0.3, 0.4) is 0 Å². The highest BCUT2D eigenvalue weighted by atomic mass is 35.5. The van der Waals surface area contributed by atoms with Crippen LogP contribution in [0.1, 0.15) is 24.5 Å². The first-order valence-electron chi connectivity index (χ1n) is 5.00. The zero-order valence-corrected chi connectivity index (χ0v) is 9.52. The van der Waals surface area contributed by atoms with E-state index in [4.69, 9.17) is 23.2 Å². The molecular formula is C12H9Cl2N. The van der Waals surface area contributed by atoms with Crippen LogP contribution in [0.4, 0.5) is 0 Å². The molecule has 1 aromatic carbocycles. The molecule has 0 amide bonds. The van der Waals surface area contributed by atoms with E-state index in [1.807, 2.05) is 24.3 Å². The fraction of sp³-hybridized carbons (Fsp3) is 0.250. The molecule has 0 aliphatic heterocycles. The standard InChI is InChI=1S/C12H9Cl2N/c13-9-3-1-2-8-10(14)6-11(7-4-5-7)15-12(8)9/h1-3,6-7H,4-5H2. The summed E-state index contributed by atoms with van der Waals surface area (Å²) in [7, 11) is 0. The number of hydrogen-bond donors (Lipinski definition) is 0. The summed E-state index contributed by atoms with van der Waals surface area (Å²) < 4.78 is 0. The lowest BCUT2D eigenvalue weighted by molar-refractivity contribution is 1.04. The summed E-state index contributed by atoms with van der Waals surface area (Å²) in [6.07, 6.45) is 2.44. The Morgan fingerprint density at radius 3 is 2.67 bits per heavy atom. The molecule has 15 heavy (non-hydrogen) atoms. The summed E-state index contributed by atoms with van der Waals surface area (Å²) in [6, 6.07) is 7.67. The third-order valence-corrected chi connectivity index (χ3v) is 3.37. The maximum atomic E-state index is 6.21. The molecule has 2 aromatic rings. The molecule has 0 saturated heterocycles. The first kappa shape index (κ1) is 9.44. The average molecular weight is 238 g/mol. The van der Waals surface area contributed by atoms with Crippen molar-refractivity contribution in [2.24, 2.45) is 0 Å². The zero-order chi connectivity index (χ0) is 10.4. The molecule has 0 bridgehead atoms. The minimum atomic E-state index is 0.600. The zero-order valence-electron chi connectivity index (χ0n) is 8.00. The number of para-hydroxylation sites is 1. The Hall–Kier alpha value is -0.790. The Balaban J connectivity index is 2.32. The van der Waals surface area contributed by atoms with Gasteiger partial charge in [0.25, 0.3) is 0 Å². The molecule has 1 nitrogen and oxygen atoms in total. The summed E-state index contributed by atoms with van der Waals surface area (Å²) in [5, 5.41) is 2.37. The van der Waals surface area contributed by atoms with Crippen molar-refractivity contribution >= 4 is 34.1 Å². The van der Waals surface area contributed by atoms with Gasteiger partial charge in [0.05, 0.1) is 15.6 Å². The Morgan fingerprint density at radius 1 is 1.13 bits per heavy atom. The minimum absolute atomic E-state index is 0.600. The van der Waals surface area contributed by atoms with Crippen LogP contribution in [0.2, 0.25) is 10.0 Å². The molecular weight excluding hydrogens is 229 g/mol. The van der Waals surface area contributed by atoms with Gasteiger partial charge >= 0.3 is 0 Å². The van der Waals surface area contributed by atoms with Crippen molar-refractivity contribution in [3.05, 3.63) is 40.0 Å². The van der Waals surface area contributed by atoms with Crippen LogP contribution < -0.4 is 0 Å². The monoisotopic (exact) mass is 237 g/mol. The van der Waals surface area contributed by atoms with E-state index in [0.29, 0.717) is 10.9 Å². The molecule has 0 N–H and O–H groups in total. The first-order chi connectivity index (χ1) is 7.25. The molecule has 1 aromatic heterocycles. The van der Waals surface area contributed by atoms with Gasteiger partial charge in [-0.1, -0.05) is 35.3 Å². The topological polar surface area (TPSA) is 12.9 Å². The van der Waals surface area contributed by atoms with E-state index in [2.05, 4.69) is 4.98 Å². The van der Waals surface area contributed by atoms with E-state index in [1.165, 1.54) is 12.8 Å². The Labute approximate surface area is 98.0 Å². The second-order valence-electron chi connectivity index (χ2n) is 3.94. The SMILES string of the molecule is Clc1cc(C2CC2)nc2c(Cl)cccc12. The number of hydrogen-bond acceptors (Lipinski definition) is 1. The Bertz CT molecular complexity index is 532. The number of halogens is 2. The Kier molecular flexibility index (Phi) is 2.11. The highest BCUT2D eigenvalue weighted by molar-refractivity contribution is 6.39. The van der Waals surface area contributed by atoms with Crippen molar-refractivity contribution in [3.63, 3.8) is 0 Å². The number of pyridine rings is 1. The van der Waals surface area contributed by atoms with Crippen molar-refractivity contribution in [1.82, 2.24) is 4.98 Å². The van der Waals surface area contributed by atoms with E-state index < -0.39 is 0 Å². The fourth-order valence-corrected chi connectivity index (χ4v) is 2.26. The van der Waals surface area contributed by atoms with Gasteiger partial charge in [-0.3, -0.25) is 4.98 Å². The number of fused-ring (bicyclic) bond motifs is 1. The highest BCUT2D eigenvalue weighted by Gasteiger charge is 2.26. The second-order valence-corrected chi connectivity index (χ2v) is 4.75. The maximum absolute atomic E-state index is 6.21. The molecule has 1 aliphatic rings. The van der Waals surface area contributed by atoms with E-state index >= 15 is 0 Å². The number of rotatable bonds is 1. The van der Waals surface area contributed by atoms with Gasteiger partial charge in [-0.15, -0.1) is 0 Å². The number of benzene rings is 1. The van der Waals surface area contributed by atoms with Crippen molar-refractivity contribution < 1.29 is 0 Å². The van der Waals surface area contributed by atoms with Crippen LogP contribution in [0.15, 0.2) is 24.3 Å². The van der Waals surface area contributed by atoms with Crippen molar-refractivity contribution in [3.8, 4) is 0 Å². The summed E-state index contributed by atoms with van der Waals surface area (Å²) >= 11 is 12.3. The molecule has 1 fully saturated rings. The quantitative estimate of drug-likeness (QED) is 0.716. The van der Waals surface area contributed by atoms with Gasteiger partial charge in [-0.25, -0.2) is 0 Å². The van der Waals surface area contributed by atoms with Crippen molar-refractivity contribution in [2.45, 2.75) is 18.8 Å². The third-order valence-electron chi connectivity index (χ3n) is 2.76. The van der Waals surface area contributed by atoms with Crippen molar-refractivity contribution in [2.75, 3.05) is 0 Å². The molecule has 1 heterocycles. The van der Waals surface area contributed by atoms with Crippen LogP contribution >= 0.6 is 23.2 Å². The van der Waals surface area contributed by atoms with Gasteiger partial charge in [0.15, 0.2) is 0 Å². The molecule has 76 valence electrons. The van der Waals surface area contributed by atoms with Crippen LogP contribution in [0.5, 0.6) is 0 Å². The largest absolute Gasteiger partial charge is 0.251 e. The Morgan fingerprint density at radius 2 is 1.93 bits per heavy atom. The highest BCUT2D eigenvalue weighted by Crippen LogP contribution is 2.41. The number of aromatic nitrogens is 1. The lowest BCUT2D eigenvalue weighted by Gasteiger charge is -2.05. The van der Waals surface area contributed by atoms with Crippen LogP contribution in [-0.2, 0) is 0 Å². The van der Waals surface area contributed by atoms with E-state index in [0.717, 1.165) is 21.6 Å². The first-order valence-corrected chi connectivity index (χ1v) is 5.76. The van der Waals surface area contributed by atoms with E-state index in [1.54, 1.807) is 0 Å². The van der Waals surface area contributed by atoms with Gasteiger partial charge in [0, 0.05) is 17.0 Å². The molecule has 0 atom stereocenters. The summed E-state index contributed by atoms with van der Waals surface area (Å²) in [6.45, 7) is 0. The number of nitrogens with zero attached hydrogens (tertiary/aromatic N) is 1. The molecule has 1 aliphatic carbocycles. The van der Waals surface area contributed by atoms with Gasteiger partial charge in [0.2, 0.25) is 0 Å². The van der Waals surface area contributed by atoms with E-state index in [9.17, 15) is 0 Å². The van der Waals surface area contributed by atoms with Crippen LogP contribution in [0.25, 0.3) is 10.9 Å². The molecule has 3 rings (SSSR count). The van der Waals surface area contributed by atoms with Gasteiger partial charge < -0.3 is 0 Å². The lowest BCUT2D eigenvalue weighted by atomic mass is 10.1. The molecule has 0 radical (unpaired) electrons. The molecule has 0 spiro atoms. The maximum Gasteiger partial charge on any atom is 0.0906 e. The normalized spacial score (nSPS) is 15.9.